The molecule has 0 fully saturated rings. The first-order valence-electron chi connectivity index (χ1n) is 7.90. The Hall–Kier alpha value is -2.58. The second-order valence-corrected chi connectivity index (χ2v) is 7.55. The quantitative estimate of drug-likeness (QED) is 0.574. The van der Waals surface area contributed by atoms with Gasteiger partial charge in [-0.25, -0.2) is 4.98 Å². The zero-order chi connectivity index (χ0) is 17.2. The summed E-state index contributed by atoms with van der Waals surface area (Å²) in [4.78, 5) is 17.1. The third kappa shape index (κ3) is 3.31. The van der Waals surface area contributed by atoms with Gasteiger partial charge in [-0.2, -0.15) is 0 Å². The molecule has 0 atom stereocenters. The predicted octanol–water partition coefficient (Wildman–Crippen LogP) is 4.14. The van der Waals surface area contributed by atoms with Gasteiger partial charge in [-0.3, -0.25) is 10.1 Å². The Bertz CT molecular complexity index is 1020. The first kappa shape index (κ1) is 15.9. The lowest BCUT2D eigenvalue weighted by molar-refractivity contribution is 0.102. The highest BCUT2D eigenvalue weighted by Gasteiger charge is 2.12. The van der Waals surface area contributed by atoms with Crippen LogP contribution in [0.25, 0.3) is 15.3 Å². The SMILES string of the molecule is CCCc1nnc(NC(=O)c2ccc3nc(-n4cccc4)sc3c2)s1. The number of benzene rings is 1. The molecule has 1 aromatic carbocycles. The lowest BCUT2D eigenvalue weighted by atomic mass is 10.2. The van der Waals surface area contributed by atoms with Crippen LogP contribution >= 0.6 is 22.7 Å². The molecule has 0 aliphatic rings. The van der Waals surface area contributed by atoms with Crippen LogP contribution in [0.1, 0.15) is 28.7 Å². The molecule has 1 amide bonds. The van der Waals surface area contributed by atoms with E-state index in [1.165, 1.54) is 11.3 Å². The van der Waals surface area contributed by atoms with Crippen molar-refractivity contribution in [2.24, 2.45) is 0 Å². The normalized spacial score (nSPS) is 11.1. The highest BCUT2D eigenvalue weighted by molar-refractivity contribution is 7.20. The van der Waals surface area contributed by atoms with Crippen molar-refractivity contribution in [3.05, 3.63) is 53.3 Å². The maximum atomic E-state index is 12.5. The highest BCUT2D eigenvalue weighted by Crippen LogP contribution is 2.26. The van der Waals surface area contributed by atoms with Gasteiger partial charge in [0.05, 0.1) is 10.2 Å². The van der Waals surface area contributed by atoms with Gasteiger partial charge < -0.3 is 4.57 Å². The number of nitrogens with one attached hydrogen (secondary N) is 1. The van der Waals surface area contributed by atoms with Crippen LogP contribution in [0.15, 0.2) is 42.7 Å². The van der Waals surface area contributed by atoms with Gasteiger partial charge in [0.15, 0.2) is 5.13 Å². The van der Waals surface area contributed by atoms with E-state index in [1.54, 1.807) is 17.4 Å². The summed E-state index contributed by atoms with van der Waals surface area (Å²) in [6, 6.07) is 9.43. The third-order valence-electron chi connectivity index (χ3n) is 3.62. The molecule has 25 heavy (non-hydrogen) atoms. The molecule has 3 aromatic heterocycles. The van der Waals surface area contributed by atoms with Gasteiger partial charge in [-0.15, -0.1) is 10.2 Å². The number of anilines is 1. The van der Waals surface area contributed by atoms with Crippen LogP contribution in [-0.2, 0) is 6.42 Å². The zero-order valence-corrected chi connectivity index (χ0v) is 15.1. The molecule has 0 bridgehead atoms. The fraction of sp³-hybridized carbons (Fsp3) is 0.176. The number of aryl methyl sites for hydroxylation is 1. The van der Waals surface area contributed by atoms with E-state index in [4.69, 9.17) is 0 Å². The molecule has 0 aliphatic heterocycles. The molecule has 1 N–H and O–H groups in total. The Morgan fingerprint density at radius 3 is 2.84 bits per heavy atom. The van der Waals surface area contributed by atoms with Crippen molar-refractivity contribution in [3.63, 3.8) is 0 Å². The second kappa shape index (κ2) is 6.73. The number of fused-ring (bicyclic) bond motifs is 1. The van der Waals surface area contributed by atoms with Crippen LogP contribution in [0.2, 0.25) is 0 Å². The molecule has 0 spiro atoms. The molecule has 0 aliphatic carbocycles. The second-order valence-electron chi connectivity index (χ2n) is 5.47. The van der Waals surface area contributed by atoms with E-state index < -0.39 is 0 Å². The predicted molar refractivity (Wildman–Crippen MR) is 101 cm³/mol. The van der Waals surface area contributed by atoms with Crippen LogP contribution in [0, 0.1) is 0 Å². The number of nitrogens with zero attached hydrogens (tertiary/aromatic N) is 4. The molecule has 4 rings (SSSR count). The number of thiazole rings is 1. The van der Waals surface area contributed by atoms with Crippen molar-refractivity contribution in [1.29, 1.82) is 0 Å². The summed E-state index contributed by atoms with van der Waals surface area (Å²) in [5, 5.41) is 13.3. The van der Waals surface area contributed by atoms with E-state index in [0.717, 1.165) is 33.2 Å². The standard InChI is InChI=1S/C17H15N5OS2/c1-2-5-14-20-21-16(25-14)19-15(23)11-6-7-12-13(10-11)24-17(18-12)22-8-3-4-9-22/h3-4,6-10H,2,5H2,1H3,(H,19,21,23). The Morgan fingerprint density at radius 2 is 2.04 bits per heavy atom. The van der Waals surface area contributed by atoms with Crippen LogP contribution in [-0.4, -0.2) is 25.7 Å². The Balaban J connectivity index is 1.56. The van der Waals surface area contributed by atoms with Gasteiger partial charge in [0, 0.05) is 24.4 Å². The Morgan fingerprint density at radius 1 is 1.20 bits per heavy atom. The molecular weight excluding hydrogens is 354 g/mol. The number of rotatable bonds is 5. The minimum atomic E-state index is -0.183. The van der Waals surface area contributed by atoms with Crippen molar-refractivity contribution in [2.75, 3.05) is 5.32 Å². The first-order chi connectivity index (χ1) is 12.2. The van der Waals surface area contributed by atoms with Crippen molar-refractivity contribution in [1.82, 2.24) is 19.7 Å². The highest BCUT2D eigenvalue weighted by atomic mass is 32.1. The van der Waals surface area contributed by atoms with Gasteiger partial charge in [0.1, 0.15) is 5.01 Å². The average Bonchev–Trinajstić information content (AvgIpc) is 3.34. The van der Waals surface area contributed by atoms with E-state index in [-0.39, 0.29) is 5.91 Å². The largest absolute Gasteiger partial charge is 0.300 e. The Kier molecular flexibility index (Phi) is 4.29. The molecule has 8 heteroatoms. The fourth-order valence-electron chi connectivity index (χ4n) is 2.41. The number of hydrogen-bond acceptors (Lipinski definition) is 6. The third-order valence-corrected chi connectivity index (χ3v) is 5.55. The number of carbonyl (C=O) groups is 1. The van der Waals surface area contributed by atoms with Crippen molar-refractivity contribution in [3.8, 4) is 5.13 Å². The molecule has 0 saturated heterocycles. The smallest absolute Gasteiger partial charge is 0.257 e. The van der Waals surface area contributed by atoms with E-state index in [1.807, 2.05) is 41.2 Å². The van der Waals surface area contributed by atoms with Crippen LogP contribution in [0.4, 0.5) is 5.13 Å². The summed E-state index contributed by atoms with van der Waals surface area (Å²) in [6.07, 6.45) is 5.79. The van der Waals surface area contributed by atoms with Crippen LogP contribution in [0.3, 0.4) is 0 Å². The monoisotopic (exact) mass is 369 g/mol. The summed E-state index contributed by atoms with van der Waals surface area (Å²) in [7, 11) is 0. The maximum absolute atomic E-state index is 12.5. The van der Waals surface area contributed by atoms with Gasteiger partial charge in [-0.05, 0) is 36.8 Å². The summed E-state index contributed by atoms with van der Waals surface area (Å²) in [5.74, 6) is -0.183. The number of aromatic nitrogens is 4. The van der Waals surface area contributed by atoms with Crippen LogP contribution < -0.4 is 5.32 Å². The van der Waals surface area contributed by atoms with Gasteiger partial charge in [-0.1, -0.05) is 29.6 Å². The Labute approximate surface area is 152 Å². The topological polar surface area (TPSA) is 72.7 Å². The molecule has 0 saturated carbocycles. The van der Waals surface area contributed by atoms with E-state index in [2.05, 4.69) is 27.4 Å². The first-order valence-corrected chi connectivity index (χ1v) is 9.54. The minimum Gasteiger partial charge on any atom is -0.300 e. The lowest BCUT2D eigenvalue weighted by Gasteiger charge is -2.00. The number of amides is 1. The lowest BCUT2D eigenvalue weighted by Crippen LogP contribution is -2.11. The molecular formula is C17H15N5OS2. The van der Waals surface area contributed by atoms with Crippen LogP contribution in [0.5, 0.6) is 0 Å². The van der Waals surface area contributed by atoms with Gasteiger partial charge >= 0.3 is 0 Å². The average molecular weight is 369 g/mol. The molecule has 126 valence electrons. The minimum absolute atomic E-state index is 0.183. The van der Waals surface area contributed by atoms with Crippen molar-refractivity contribution >= 4 is 43.9 Å². The van der Waals surface area contributed by atoms with Crippen molar-refractivity contribution in [2.45, 2.75) is 19.8 Å². The fourth-order valence-corrected chi connectivity index (χ4v) is 4.22. The van der Waals surface area contributed by atoms with E-state index >= 15 is 0 Å². The summed E-state index contributed by atoms with van der Waals surface area (Å²) < 4.78 is 2.93. The van der Waals surface area contributed by atoms with E-state index in [0.29, 0.717) is 10.7 Å². The number of carbonyl (C=O) groups excluding carboxylic acids is 1. The van der Waals surface area contributed by atoms with Crippen molar-refractivity contribution < 1.29 is 4.79 Å². The summed E-state index contributed by atoms with van der Waals surface area (Å²) >= 11 is 2.97. The molecule has 4 aromatic rings. The summed E-state index contributed by atoms with van der Waals surface area (Å²) in [5.41, 5.74) is 1.47. The van der Waals surface area contributed by atoms with Gasteiger partial charge in [0.25, 0.3) is 5.91 Å². The molecule has 0 unspecified atom stereocenters. The summed E-state index contributed by atoms with van der Waals surface area (Å²) in [6.45, 7) is 2.09. The molecule has 3 heterocycles. The van der Waals surface area contributed by atoms with Gasteiger partial charge in [0.2, 0.25) is 5.13 Å². The molecule has 6 nitrogen and oxygen atoms in total. The van der Waals surface area contributed by atoms with E-state index in [9.17, 15) is 4.79 Å². The molecule has 0 radical (unpaired) electrons. The zero-order valence-electron chi connectivity index (χ0n) is 13.5. The number of hydrogen-bond donors (Lipinski definition) is 1. The maximum Gasteiger partial charge on any atom is 0.257 e.